The molecular formula is C24H27F3N4O4S. The minimum Gasteiger partial charge on any atom is -0.450 e. The number of hydrogen-bond acceptors (Lipinski definition) is 5. The molecule has 3 aromatic heterocycles. The fourth-order valence-electron chi connectivity index (χ4n) is 4.59. The third-order valence-electron chi connectivity index (χ3n) is 6.50. The minimum absolute atomic E-state index is 0.161. The summed E-state index contributed by atoms with van der Waals surface area (Å²) in [5.74, 6) is 0.975. The molecule has 0 atom stereocenters. The van der Waals surface area contributed by atoms with Gasteiger partial charge in [-0.05, 0) is 49.8 Å². The highest BCUT2D eigenvalue weighted by atomic mass is 32.1. The van der Waals surface area contributed by atoms with Gasteiger partial charge in [-0.15, -0.1) is 11.3 Å². The number of carbonyl (C=O) groups is 2. The highest BCUT2D eigenvalue weighted by Gasteiger charge is 2.36. The summed E-state index contributed by atoms with van der Waals surface area (Å²) in [6.45, 7) is 3.02. The summed E-state index contributed by atoms with van der Waals surface area (Å²) in [6.07, 6.45) is 1.35. The van der Waals surface area contributed by atoms with Gasteiger partial charge in [0.1, 0.15) is 5.65 Å². The van der Waals surface area contributed by atoms with Gasteiger partial charge < -0.3 is 19.7 Å². The second-order valence-electron chi connectivity index (χ2n) is 9.09. The fraction of sp³-hybridized carbons (Fsp3) is 0.500. The summed E-state index contributed by atoms with van der Waals surface area (Å²) >= 11 is 0.685. The van der Waals surface area contributed by atoms with Crippen LogP contribution in [-0.2, 0) is 30.5 Å². The summed E-state index contributed by atoms with van der Waals surface area (Å²) < 4.78 is 41.5. The second-order valence-corrected chi connectivity index (χ2v) is 10.2. The number of alkyl halides is 3. The van der Waals surface area contributed by atoms with E-state index in [0.717, 1.165) is 47.5 Å². The zero-order valence-corrected chi connectivity index (χ0v) is 20.5. The lowest BCUT2D eigenvalue weighted by Crippen LogP contribution is -2.36. The highest BCUT2D eigenvalue weighted by molar-refractivity contribution is 7.11. The van der Waals surface area contributed by atoms with E-state index in [1.165, 1.54) is 12.8 Å². The van der Waals surface area contributed by atoms with Crippen molar-refractivity contribution < 1.29 is 33.0 Å². The van der Waals surface area contributed by atoms with Gasteiger partial charge in [0.05, 0.1) is 18.8 Å². The largest absolute Gasteiger partial charge is 0.503 e. The van der Waals surface area contributed by atoms with Crippen LogP contribution in [0.2, 0.25) is 0 Å². The first-order valence-corrected chi connectivity index (χ1v) is 12.5. The van der Waals surface area contributed by atoms with Crippen LogP contribution in [0.25, 0.3) is 11.0 Å². The molecule has 0 aromatic carbocycles. The highest BCUT2D eigenvalue weighted by Crippen LogP contribution is 2.37. The van der Waals surface area contributed by atoms with Gasteiger partial charge in [-0.1, -0.05) is 12.8 Å². The molecule has 3 aromatic rings. The maximum absolute atomic E-state index is 13.2. The normalized spacial score (nSPS) is 15.4. The van der Waals surface area contributed by atoms with E-state index in [1.54, 1.807) is 13.1 Å². The molecule has 1 saturated carbocycles. The Morgan fingerprint density at radius 2 is 1.97 bits per heavy atom. The number of rotatable bonds is 6. The predicted octanol–water partition coefficient (Wildman–Crippen LogP) is 5.56. The number of nitrogens with zero attached hydrogens (tertiary/aromatic N) is 4. The zero-order valence-electron chi connectivity index (χ0n) is 19.7. The first kappa shape index (κ1) is 25.9. The summed E-state index contributed by atoms with van der Waals surface area (Å²) in [7, 11) is 0. The molecule has 1 amide bonds. The topological polar surface area (TPSA) is 109 Å². The van der Waals surface area contributed by atoms with E-state index in [9.17, 15) is 18.0 Å². The molecule has 2 aliphatic rings. The molecule has 8 nitrogen and oxygen atoms in total. The summed E-state index contributed by atoms with van der Waals surface area (Å²) in [5, 5.41) is 14.1. The Morgan fingerprint density at radius 3 is 2.61 bits per heavy atom. The van der Waals surface area contributed by atoms with Crippen LogP contribution >= 0.6 is 11.3 Å². The Kier molecular flexibility index (Phi) is 7.53. The summed E-state index contributed by atoms with van der Waals surface area (Å²) in [6, 6.07) is 3.88. The molecular weight excluding hydrogens is 497 g/mol. The fourth-order valence-corrected chi connectivity index (χ4v) is 5.51. The number of aromatic nitrogens is 3. The van der Waals surface area contributed by atoms with Crippen LogP contribution in [0, 0.1) is 12.8 Å². The molecule has 194 valence electrons. The maximum atomic E-state index is 13.2. The van der Waals surface area contributed by atoms with E-state index in [2.05, 4.69) is 9.97 Å². The van der Waals surface area contributed by atoms with E-state index < -0.39 is 17.3 Å². The number of fused-ring (bicyclic) bond motifs is 3. The van der Waals surface area contributed by atoms with Crippen molar-refractivity contribution in [3.05, 3.63) is 45.2 Å². The molecule has 1 aliphatic heterocycles. The van der Waals surface area contributed by atoms with Gasteiger partial charge in [0.15, 0.2) is 5.01 Å². The molecule has 4 heterocycles. The maximum Gasteiger partial charge on any atom is 0.503 e. The van der Waals surface area contributed by atoms with Gasteiger partial charge >= 0.3 is 12.3 Å². The SMILES string of the molecule is Cc1nc(C(F)(F)F)sc1Cn1c2c(c3cccnc31)CCN(C(=O)CCCC1CC1)C2.O=C(O)O. The quantitative estimate of drug-likeness (QED) is 0.437. The van der Waals surface area contributed by atoms with Crippen molar-refractivity contribution in [1.82, 2.24) is 19.4 Å². The molecule has 0 bridgehead atoms. The van der Waals surface area contributed by atoms with Crippen LogP contribution in [0.4, 0.5) is 18.0 Å². The van der Waals surface area contributed by atoms with E-state index in [0.29, 0.717) is 41.4 Å². The van der Waals surface area contributed by atoms with E-state index in [-0.39, 0.29) is 12.5 Å². The van der Waals surface area contributed by atoms with Crippen molar-refractivity contribution in [1.29, 1.82) is 0 Å². The minimum atomic E-state index is -4.45. The third-order valence-corrected chi connectivity index (χ3v) is 7.69. The van der Waals surface area contributed by atoms with Gasteiger partial charge in [0.25, 0.3) is 0 Å². The van der Waals surface area contributed by atoms with E-state index in [4.69, 9.17) is 15.0 Å². The van der Waals surface area contributed by atoms with E-state index in [1.807, 2.05) is 21.6 Å². The zero-order chi connectivity index (χ0) is 26.0. The second kappa shape index (κ2) is 10.5. The molecule has 36 heavy (non-hydrogen) atoms. The average molecular weight is 525 g/mol. The van der Waals surface area contributed by atoms with Gasteiger partial charge in [-0.3, -0.25) is 4.79 Å². The number of halogens is 3. The third kappa shape index (κ3) is 5.97. The number of aryl methyl sites for hydroxylation is 1. The van der Waals surface area contributed by atoms with Crippen LogP contribution < -0.4 is 0 Å². The molecule has 1 aliphatic carbocycles. The first-order chi connectivity index (χ1) is 17.0. The number of carboxylic acid groups (broad SMARTS) is 2. The van der Waals surface area contributed by atoms with Crippen molar-refractivity contribution in [2.24, 2.45) is 5.92 Å². The summed E-state index contributed by atoms with van der Waals surface area (Å²) in [4.78, 5) is 32.1. The predicted molar refractivity (Wildman–Crippen MR) is 127 cm³/mol. The van der Waals surface area contributed by atoms with Gasteiger partial charge in [0, 0.05) is 35.1 Å². The van der Waals surface area contributed by atoms with Crippen LogP contribution in [0.1, 0.15) is 58.9 Å². The molecule has 5 rings (SSSR count). The van der Waals surface area contributed by atoms with Crippen molar-refractivity contribution in [3.8, 4) is 0 Å². The lowest BCUT2D eigenvalue weighted by Gasteiger charge is -2.28. The van der Waals surface area contributed by atoms with Crippen molar-refractivity contribution in [2.75, 3.05) is 6.54 Å². The lowest BCUT2D eigenvalue weighted by atomic mass is 10.0. The molecule has 0 unspecified atom stereocenters. The number of pyridine rings is 1. The van der Waals surface area contributed by atoms with Crippen LogP contribution in [0.15, 0.2) is 18.3 Å². The number of thiazole rings is 1. The van der Waals surface area contributed by atoms with Crippen LogP contribution in [0.5, 0.6) is 0 Å². The van der Waals surface area contributed by atoms with Crippen molar-refractivity contribution in [3.63, 3.8) is 0 Å². The molecule has 0 spiro atoms. The molecule has 0 radical (unpaired) electrons. The monoisotopic (exact) mass is 524 g/mol. The molecule has 0 saturated heterocycles. The molecule has 1 fully saturated rings. The standard InChI is InChI=1S/C23H25F3N4OS.CH2O3/c1-14-19(32-22(28-14)23(24,25)26)13-30-18-12-29(20(31)6-2-4-15-7-8-15)11-9-16(18)17-5-3-10-27-21(17)30;2-1(3)4/h3,5,10,15H,2,4,6-9,11-13H2,1H3;(H2,2,3,4). The average Bonchev–Trinajstić information content (AvgIpc) is 3.48. The smallest absolute Gasteiger partial charge is 0.450 e. The van der Waals surface area contributed by atoms with Gasteiger partial charge in [-0.2, -0.15) is 13.2 Å². The van der Waals surface area contributed by atoms with Crippen LogP contribution in [0.3, 0.4) is 0 Å². The Hall–Kier alpha value is -3.15. The Balaban J connectivity index is 0.000000709. The Labute approximate surface area is 209 Å². The Morgan fingerprint density at radius 1 is 1.25 bits per heavy atom. The number of hydrogen-bond donors (Lipinski definition) is 2. The summed E-state index contributed by atoms with van der Waals surface area (Å²) in [5.41, 5.74) is 3.26. The molecule has 12 heteroatoms. The first-order valence-electron chi connectivity index (χ1n) is 11.7. The van der Waals surface area contributed by atoms with Crippen molar-refractivity contribution >= 4 is 34.4 Å². The van der Waals surface area contributed by atoms with E-state index >= 15 is 0 Å². The van der Waals surface area contributed by atoms with Crippen molar-refractivity contribution in [2.45, 2.75) is 64.7 Å². The van der Waals surface area contributed by atoms with Gasteiger partial charge in [0.2, 0.25) is 5.91 Å². The van der Waals surface area contributed by atoms with Gasteiger partial charge in [-0.25, -0.2) is 14.8 Å². The number of carbonyl (C=O) groups excluding carboxylic acids is 1. The molecule has 2 N–H and O–H groups in total. The number of amides is 1. The lowest BCUT2D eigenvalue weighted by molar-refractivity contribution is -0.137. The van der Waals surface area contributed by atoms with Crippen LogP contribution in [-0.4, -0.2) is 48.3 Å². The Bertz CT molecular complexity index is 1260.